The van der Waals surface area contributed by atoms with Gasteiger partial charge in [0.05, 0.1) is 0 Å². The standard InChI is InChI=1S/C16H25NO3/c1-11(10-18)12(2)17-15(19)13-6-8-14(9-7-13)20-16(3,4)5/h6-9,11-12,18H,10H2,1-5H3,(H,17,19). The molecule has 2 atom stereocenters. The molecule has 2 N–H and O–H groups in total. The molecule has 2 unspecified atom stereocenters. The third-order valence-electron chi connectivity index (χ3n) is 3.04. The molecule has 0 spiro atoms. The van der Waals surface area contributed by atoms with Gasteiger partial charge in [0.15, 0.2) is 0 Å². The van der Waals surface area contributed by atoms with Crippen molar-refractivity contribution in [2.24, 2.45) is 5.92 Å². The van der Waals surface area contributed by atoms with Gasteiger partial charge in [0.1, 0.15) is 11.4 Å². The lowest BCUT2D eigenvalue weighted by Gasteiger charge is -2.21. The zero-order chi connectivity index (χ0) is 15.3. The van der Waals surface area contributed by atoms with E-state index in [9.17, 15) is 4.79 Å². The molecular formula is C16H25NO3. The first kappa shape index (κ1) is 16.5. The summed E-state index contributed by atoms with van der Waals surface area (Å²) in [6.07, 6.45) is 0. The second kappa shape index (κ2) is 6.75. The van der Waals surface area contributed by atoms with E-state index in [0.29, 0.717) is 5.56 Å². The van der Waals surface area contributed by atoms with Crippen molar-refractivity contribution in [2.45, 2.75) is 46.3 Å². The van der Waals surface area contributed by atoms with Crippen LogP contribution in [0, 0.1) is 5.92 Å². The lowest BCUT2D eigenvalue weighted by molar-refractivity contribution is 0.0916. The second-order valence-corrected chi connectivity index (χ2v) is 6.16. The average molecular weight is 279 g/mol. The minimum absolute atomic E-state index is 0.0300. The first-order valence-electron chi connectivity index (χ1n) is 6.93. The van der Waals surface area contributed by atoms with Gasteiger partial charge in [-0.25, -0.2) is 0 Å². The Labute approximate surface area is 121 Å². The summed E-state index contributed by atoms with van der Waals surface area (Å²) in [5, 5.41) is 11.9. The summed E-state index contributed by atoms with van der Waals surface area (Å²) in [7, 11) is 0. The van der Waals surface area contributed by atoms with Gasteiger partial charge in [-0.05, 0) is 57.9 Å². The number of benzene rings is 1. The SMILES string of the molecule is CC(CO)C(C)NC(=O)c1ccc(OC(C)(C)C)cc1. The smallest absolute Gasteiger partial charge is 0.251 e. The molecule has 1 amide bonds. The fourth-order valence-corrected chi connectivity index (χ4v) is 1.62. The number of aliphatic hydroxyl groups is 1. The molecule has 0 aliphatic rings. The molecule has 0 fully saturated rings. The molecule has 1 aromatic carbocycles. The van der Waals surface area contributed by atoms with Crippen molar-refractivity contribution >= 4 is 5.91 Å². The highest BCUT2D eigenvalue weighted by molar-refractivity contribution is 5.94. The van der Waals surface area contributed by atoms with Gasteiger partial charge in [-0.15, -0.1) is 0 Å². The first-order chi connectivity index (χ1) is 9.23. The number of carbonyl (C=O) groups excluding carboxylic acids is 1. The minimum Gasteiger partial charge on any atom is -0.488 e. The molecule has 112 valence electrons. The number of hydrogen-bond acceptors (Lipinski definition) is 3. The summed E-state index contributed by atoms with van der Waals surface area (Å²) < 4.78 is 5.71. The van der Waals surface area contributed by atoms with Gasteiger partial charge in [-0.3, -0.25) is 4.79 Å². The van der Waals surface area contributed by atoms with Gasteiger partial charge in [-0.2, -0.15) is 0 Å². The van der Waals surface area contributed by atoms with Gasteiger partial charge in [0, 0.05) is 18.2 Å². The molecule has 4 heteroatoms. The third-order valence-corrected chi connectivity index (χ3v) is 3.04. The Hall–Kier alpha value is -1.55. The minimum atomic E-state index is -0.255. The summed E-state index contributed by atoms with van der Waals surface area (Å²) in [6.45, 7) is 9.77. The Bertz CT molecular complexity index is 434. The zero-order valence-electron chi connectivity index (χ0n) is 12.9. The average Bonchev–Trinajstić information content (AvgIpc) is 2.36. The molecule has 0 heterocycles. The van der Waals surface area contributed by atoms with E-state index in [-0.39, 0.29) is 30.1 Å². The summed E-state index contributed by atoms with van der Waals surface area (Å²) in [6, 6.07) is 7.00. The van der Waals surface area contributed by atoms with Crippen molar-refractivity contribution in [1.82, 2.24) is 5.32 Å². The Kier molecular flexibility index (Phi) is 5.57. The van der Waals surface area contributed by atoms with E-state index < -0.39 is 0 Å². The van der Waals surface area contributed by atoms with Crippen molar-refractivity contribution in [3.63, 3.8) is 0 Å². The lowest BCUT2D eigenvalue weighted by Crippen LogP contribution is -2.38. The van der Waals surface area contributed by atoms with Crippen molar-refractivity contribution in [3.05, 3.63) is 29.8 Å². The maximum absolute atomic E-state index is 12.0. The normalized spacial score (nSPS) is 14.5. The topological polar surface area (TPSA) is 58.6 Å². The number of amides is 1. The molecule has 0 bridgehead atoms. The Morgan fingerprint density at radius 2 is 1.80 bits per heavy atom. The molecule has 1 aromatic rings. The number of carbonyl (C=O) groups is 1. The highest BCUT2D eigenvalue weighted by Gasteiger charge is 2.16. The molecule has 0 aliphatic carbocycles. The van der Waals surface area contributed by atoms with Crippen LogP contribution < -0.4 is 10.1 Å². The molecule has 0 saturated carbocycles. The highest BCUT2D eigenvalue weighted by atomic mass is 16.5. The second-order valence-electron chi connectivity index (χ2n) is 6.16. The predicted molar refractivity (Wildman–Crippen MR) is 80.0 cm³/mol. The Balaban J connectivity index is 2.66. The van der Waals surface area contributed by atoms with Crippen LogP contribution in [0.15, 0.2) is 24.3 Å². The summed E-state index contributed by atoms with van der Waals surface area (Å²) >= 11 is 0. The largest absolute Gasteiger partial charge is 0.488 e. The van der Waals surface area contributed by atoms with Crippen molar-refractivity contribution < 1.29 is 14.6 Å². The van der Waals surface area contributed by atoms with Crippen LogP contribution in [0.3, 0.4) is 0 Å². The van der Waals surface area contributed by atoms with Crippen LogP contribution in [0.4, 0.5) is 0 Å². The van der Waals surface area contributed by atoms with E-state index in [1.165, 1.54) is 0 Å². The van der Waals surface area contributed by atoms with Gasteiger partial charge in [-0.1, -0.05) is 6.92 Å². The Morgan fingerprint density at radius 1 is 1.25 bits per heavy atom. The van der Waals surface area contributed by atoms with Gasteiger partial charge in [0.25, 0.3) is 5.91 Å². The van der Waals surface area contributed by atoms with Crippen LogP contribution in [0.2, 0.25) is 0 Å². The third kappa shape index (κ3) is 5.21. The maximum Gasteiger partial charge on any atom is 0.251 e. The van der Waals surface area contributed by atoms with Crippen LogP contribution in [0.25, 0.3) is 0 Å². The molecule has 1 rings (SSSR count). The molecule has 0 aliphatic heterocycles. The van der Waals surface area contributed by atoms with Crippen LogP contribution in [0.5, 0.6) is 5.75 Å². The molecule has 0 saturated heterocycles. The molecule has 0 aromatic heterocycles. The number of aliphatic hydroxyl groups excluding tert-OH is 1. The molecule has 20 heavy (non-hydrogen) atoms. The summed E-state index contributed by atoms with van der Waals surface area (Å²) in [4.78, 5) is 12.0. The van der Waals surface area contributed by atoms with Crippen molar-refractivity contribution in [2.75, 3.05) is 6.61 Å². The Morgan fingerprint density at radius 3 is 2.25 bits per heavy atom. The van der Waals surface area contributed by atoms with Crippen molar-refractivity contribution in [3.8, 4) is 5.75 Å². The number of hydrogen-bond donors (Lipinski definition) is 2. The van der Waals surface area contributed by atoms with Crippen LogP contribution in [0.1, 0.15) is 45.0 Å². The van der Waals surface area contributed by atoms with E-state index in [0.717, 1.165) is 5.75 Å². The number of nitrogens with one attached hydrogen (secondary N) is 1. The molecular weight excluding hydrogens is 254 g/mol. The van der Waals surface area contributed by atoms with Gasteiger partial charge in [0.2, 0.25) is 0 Å². The summed E-state index contributed by atoms with van der Waals surface area (Å²) in [5.74, 6) is 0.633. The van der Waals surface area contributed by atoms with Gasteiger partial charge < -0.3 is 15.2 Å². The molecule has 0 radical (unpaired) electrons. The van der Waals surface area contributed by atoms with E-state index in [2.05, 4.69) is 5.32 Å². The monoisotopic (exact) mass is 279 g/mol. The number of rotatable bonds is 5. The fraction of sp³-hybridized carbons (Fsp3) is 0.562. The molecule has 4 nitrogen and oxygen atoms in total. The van der Waals surface area contributed by atoms with E-state index in [1.54, 1.807) is 24.3 Å². The fourth-order valence-electron chi connectivity index (χ4n) is 1.62. The predicted octanol–water partition coefficient (Wildman–Crippen LogP) is 2.61. The van der Waals surface area contributed by atoms with Crippen molar-refractivity contribution in [1.29, 1.82) is 0 Å². The first-order valence-corrected chi connectivity index (χ1v) is 6.93. The zero-order valence-corrected chi connectivity index (χ0v) is 12.9. The van der Waals surface area contributed by atoms with Crippen LogP contribution >= 0.6 is 0 Å². The van der Waals surface area contributed by atoms with E-state index in [1.807, 2.05) is 34.6 Å². The highest BCUT2D eigenvalue weighted by Crippen LogP contribution is 2.18. The van der Waals surface area contributed by atoms with E-state index in [4.69, 9.17) is 9.84 Å². The lowest BCUT2D eigenvalue weighted by atomic mass is 10.0. The van der Waals surface area contributed by atoms with Gasteiger partial charge >= 0.3 is 0 Å². The quantitative estimate of drug-likeness (QED) is 0.871. The summed E-state index contributed by atoms with van der Waals surface area (Å²) in [5.41, 5.74) is 0.331. The van der Waals surface area contributed by atoms with Crippen LogP contribution in [-0.2, 0) is 0 Å². The number of ether oxygens (including phenoxy) is 1. The maximum atomic E-state index is 12.0. The van der Waals surface area contributed by atoms with Crippen LogP contribution in [-0.4, -0.2) is 29.3 Å². The van der Waals surface area contributed by atoms with E-state index >= 15 is 0 Å².